The molecule has 0 spiro atoms. The lowest BCUT2D eigenvalue weighted by atomic mass is 9.98. The molecule has 1 aliphatic carbocycles. The van der Waals surface area contributed by atoms with E-state index in [0.717, 1.165) is 28.6 Å². The van der Waals surface area contributed by atoms with Crippen LogP contribution in [-0.4, -0.2) is 18.9 Å². The number of benzene rings is 1. The number of anilines is 1. The smallest absolute Gasteiger partial charge is 0.227 e. The standard InChI is InChI=1S/C15H13BrN2O2/c1-18-7-13(17-15(20)9-2-3-9)12(8-19)11-6-10(16)4-5-14(11)18/h4-7,9H,2-3H2,1H3,(H,17,20). The van der Waals surface area contributed by atoms with Crippen LogP contribution in [0.4, 0.5) is 5.69 Å². The Balaban J connectivity index is 2.00. The lowest BCUT2D eigenvalue weighted by Crippen LogP contribution is -2.29. The Kier molecular flexibility index (Phi) is 3.24. The average Bonchev–Trinajstić information content (AvgIpc) is 3.23. The van der Waals surface area contributed by atoms with Crippen molar-refractivity contribution in [1.29, 1.82) is 0 Å². The summed E-state index contributed by atoms with van der Waals surface area (Å²) < 4.78 is 0.882. The first-order valence-corrected chi connectivity index (χ1v) is 7.20. The van der Waals surface area contributed by atoms with Crippen LogP contribution in [0.15, 0.2) is 34.6 Å². The zero-order chi connectivity index (χ0) is 14.3. The molecule has 0 atom stereocenters. The van der Waals surface area contributed by atoms with Crippen LogP contribution in [0.2, 0.25) is 0 Å². The number of nitrogens with one attached hydrogen (secondary N) is 1. The molecule has 1 fully saturated rings. The molecule has 1 amide bonds. The van der Waals surface area contributed by atoms with Crippen LogP contribution < -0.4 is 10.2 Å². The van der Waals surface area contributed by atoms with E-state index in [9.17, 15) is 9.59 Å². The van der Waals surface area contributed by atoms with Gasteiger partial charge in [0.2, 0.25) is 5.91 Å². The Labute approximate surface area is 125 Å². The van der Waals surface area contributed by atoms with Gasteiger partial charge in [0.15, 0.2) is 0 Å². The number of carbonyl (C=O) groups is 1. The van der Waals surface area contributed by atoms with Gasteiger partial charge in [-0.3, -0.25) is 4.79 Å². The van der Waals surface area contributed by atoms with Crippen molar-refractivity contribution in [3.63, 3.8) is 0 Å². The molecular weight excluding hydrogens is 320 g/mol. The van der Waals surface area contributed by atoms with Crippen molar-refractivity contribution < 1.29 is 9.59 Å². The molecule has 1 aromatic carbocycles. The maximum absolute atomic E-state index is 11.9. The Bertz CT molecular complexity index is 670. The van der Waals surface area contributed by atoms with Crippen molar-refractivity contribution in [3.8, 4) is 0 Å². The number of hydrogen-bond acceptors (Lipinski definition) is 3. The van der Waals surface area contributed by atoms with E-state index < -0.39 is 0 Å². The number of halogens is 1. The van der Waals surface area contributed by atoms with E-state index in [1.54, 1.807) is 6.20 Å². The fourth-order valence-electron chi connectivity index (χ4n) is 2.27. The van der Waals surface area contributed by atoms with Gasteiger partial charge in [-0.15, -0.1) is 0 Å². The highest BCUT2D eigenvalue weighted by molar-refractivity contribution is 9.10. The van der Waals surface area contributed by atoms with Crippen LogP contribution >= 0.6 is 15.9 Å². The van der Waals surface area contributed by atoms with Crippen LogP contribution in [0, 0.1) is 5.92 Å². The molecule has 3 rings (SSSR count). The molecule has 20 heavy (non-hydrogen) atoms. The van der Waals surface area contributed by atoms with Gasteiger partial charge in [-0.1, -0.05) is 15.9 Å². The summed E-state index contributed by atoms with van der Waals surface area (Å²) in [4.78, 5) is 25.1. The molecule has 0 radical (unpaired) electrons. The maximum atomic E-state index is 11.9. The molecular formula is C15H13BrN2O2. The zero-order valence-corrected chi connectivity index (χ0v) is 12.5. The zero-order valence-electron chi connectivity index (χ0n) is 10.9. The second kappa shape index (κ2) is 4.93. The number of carbonyl (C=O) groups excluding carboxylic acids is 2. The minimum atomic E-state index is -0.0177. The van der Waals surface area contributed by atoms with Crippen molar-refractivity contribution in [3.05, 3.63) is 40.1 Å². The van der Waals surface area contributed by atoms with Crippen molar-refractivity contribution >= 4 is 39.0 Å². The van der Waals surface area contributed by atoms with Crippen LogP contribution in [0.5, 0.6) is 0 Å². The van der Waals surface area contributed by atoms with Crippen LogP contribution in [0.1, 0.15) is 18.4 Å². The summed E-state index contributed by atoms with van der Waals surface area (Å²) in [6, 6.07) is 5.70. The lowest BCUT2D eigenvalue weighted by Gasteiger charge is -2.26. The Morgan fingerprint density at radius 3 is 2.85 bits per heavy atom. The van der Waals surface area contributed by atoms with Gasteiger partial charge < -0.3 is 10.2 Å². The summed E-state index contributed by atoms with van der Waals surface area (Å²) in [5.74, 6) is 2.04. The normalized spacial score (nSPS) is 17.2. The third-order valence-electron chi connectivity index (χ3n) is 3.51. The van der Waals surface area contributed by atoms with Gasteiger partial charge in [-0.25, -0.2) is 4.79 Å². The number of amides is 1. The van der Waals surface area contributed by atoms with Crippen molar-refractivity contribution in [2.24, 2.45) is 5.92 Å². The summed E-state index contributed by atoms with van der Waals surface area (Å²) in [6.45, 7) is 0. The molecule has 1 N–H and O–H groups in total. The fourth-order valence-corrected chi connectivity index (χ4v) is 2.64. The highest BCUT2D eigenvalue weighted by Crippen LogP contribution is 2.36. The van der Waals surface area contributed by atoms with Gasteiger partial charge in [-0.2, -0.15) is 0 Å². The minimum absolute atomic E-state index is 0.0177. The first kappa shape index (κ1) is 13.2. The monoisotopic (exact) mass is 332 g/mol. The Hall–Kier alpha value is -1.84. The first-order chi connectivity index (χ1) is 9.60. The highest BCUT2D eigenvalue weighted by atomic mass is 79.9. The molecule has 1 aliphatic heterocycles. The predicted octanol–water partition coefficient (Wildman–Crippen LogP) is 2.48. The summed E-state index contributed by atoms with van der Waals surface area (Å²) in [5.41, 5.74) is 2.60. The van der Waals surface area contributed by atoms with E-state index in [1.165, 1.54) is 0 Å². The fraction of sp³-hybridized carbons (Fsp3) is 0.267. The van der Waals surface area contributed by atoms with Gasteiger partial charge in [0.1, 0.15) is 5.94 Å². The molecule has 0 aromatic heterocycles. The van der Waals surface area contributed by atoms with Gasteiger partial charge in [-0.05, 0) is 31.0 Å². The van der Waals surface area contributed by atoms with Crippen molar-refractivity contribution in [2.45, 2.75) is 12.8 Å². The summed E-state index contributed by atoms with van der Waals surface area (Å²) in [7, 11) is 1.89. The number of fused-ring (bicyclic) bond motifs is 1. The number of rotatable bonds is 2. The Morgan fingerprint density at radius 1 is 1.45 bits per heavy atom. The Morgan fingerprint density at radius 2 is 2.20 bits per heavy atom. The summed E-state index contributed by atoms with van der Waals surface area (Å²) in [5, 5.41) is 2.84. The van der Waals surface area contributed by atoms with Gasteiger partial charge in [0, 0.05) is 34.9 Å². The van der Waals surface area contributed by atoms with Crippen LogP contribution in [-0.2, 0) is 9.59 Å². The number of nitrogens with zero attached hydrogens (tertiary/aromatic N) is 1. The van der Waals surface area contributed by atoms with Crippen LogP contribution in [0.3, 0.4) is 0 Å². The average molecular weight is 333 g/mol. The first-order valence-electron chi connectivity index (χ1n) is 6.41. The van der Waals surface area contributed by atoms with E-state index in [1.807, 2.05) is 36.1 Å². The largest absolute Gasteiger partial charge is 0.348 e. The molecule has 102 valence electrons. The molecule has 0 bridgehead atoms. The predicted molar refractivity (Wildman–Crippen MR) is 80.6 cm³/mol. The molecule has 0 saturated heterocycles. The molecule has 2 aliphatic rings. The SMILES string of the molecule is CN1C=C(NC(=O)C2CC2)C(=C=O)c2cc(Br)ccc21. The van der Waals surface area contributed by atoms with E-state index in [-0.39, 0.29) is 11.8 Å². The second-order valence-electron chi connectivity index (χ2n) is 5.06. The molecule has 5 heteroatoms. The highest BCUT2D eigenvalue weighted by Gasteiger charge is 2.32. The quantitative estimate of drug-likeness (QED) is 0.846. The van der Waals surface area contributed by atoms with Gasteiger partial charge in [0.25, 0.3) is 0 Å². The van der Waals surface area contributed by atoms with Crippen molar-refractivity contribution in [2.75, 3.05) is 11.9 Å². The van der Waals surface area contributed by atoms with E-state index >= 15 is 0 Å². The molecule has 4 nitrogen and oxygen atoms in total. The number of hydrogen-bond donors (Lipinski definition) is 1. The molecule has 1 aromatic rings. The molecule has 1 heterocycles. The maximum Gasteiger partial charge on any atom is 0.227 e. The summed E-state index contributed by atoms with van der Waals surface area (Å²) in [6.07, 6.45) is 3.62. The van der Waals surface area contributed by atoms with Gasteiger partial charge in [0.05, 0.1) is 11.3 Å². The van der Waals surface area contributed by atoms with E-state index in [4.69, 9.17) is 0 Å². The van der Waals surface area contributed by atoms with Gasteiger partial charge >= 0.3 is 0 Å². The van der Waals surface area contributed by atoms with E-state index in [0.29, 0.717) is 11.3 Å². The molecule has 1 saturated carbocycles. The third kappa shape index (κ3) is 2.30. The molecule has 0 unspecified atom stereocenters. The second-order valence-corrected chi connectivity index (χ2v) is 5.97. The third-order valence-corrected chi connectivity index (χ3v) is 4.00. The van der Waals surface area contributed by atoms with E-state index in [2.05, 4.69) is 21.2 Å². The van der Waals surface area contributed by atoms with Crippen LogP contribution in [0.25, 0.3) is 5.57 Å². The lowest BCUT2D eigenvalue weighted by molar-refractivity contribution is -0.121. The number of allylic oxidation sites excluding steroid dienone is 1. The minimum Gasteiger partial charge on any atom is -0.348 e. The van der Waals surface area contributed by atoms with Crippen molar-refractivity contribution in [1.82, 2.24) is 5.32 Å². The topological polar surface area (TPSA) is 49.4 Å². The summed E-state index contributed by atoms with van der Waals surface area (Å²) >= 11 is 3.40.